The van der Waals surface area contributed by atoms with E-state index >= 15 is 0 Å². The molecule has 0 aliphatic carbocycles. The van der Waals surface area contributed by atoms with Crippen molar-refractivity contribution in [2.75, 3.05) is 11.4 Å². The van der Waals surface area contributed by atoms with Gasteiger partial charge in [0.2, 0.25) is 0 Å². The topological polar surface area (TPSA) is 68.5 Å². The molecule has 0 N–H and O–H groups in total. The van der Waals surface area contributed by atoms with Crippen LogP contribution in [0.1, 0.15) is 36.2 Å². The molecular weight excluding hydrogens is 378 g/mol. The number of aryl methyl sites for hydroxylation is 1. The summed E-state index contributed by atoms with van der Waals surface area (Å²) in [6.07, 6.45) is 2.77. The minimum atomic E-state index is 0.0391. The smallest absolute Gasteiger partial charge is 0.270 e. The summed E-state index contributed by atoms with van der Waals surface area (Å²) < 4.78 is 11.1. The second kappa shape index (κ2) is 7.64. The van der Waals surface area contributed by atoms with Gasteiger partial charge in [0.15, 0.2) is 0 Å². The monoisotopic (exact) mass is 397 g/mol. The maximum Gasteiger partial charge on any atom is 0.270 e. The van der Waals surface area contributed by atoms with Crippen molar-refractivity contribution in [1.29, 1.82) is 0 Å². The molecule has 6 nitrogen and oxygen atoms in total. The average Bonchev–Trinajstić information content (AvgIpc) is 3.18. The first-order chi connectivity index (χ1) is 13.5. The molecule has 7 heteroatoms. The van der Waals surface area contributed by atoms with Gasteiger partial charge in [0, 0.05) is 23.4 Å². The van der Waals surface area contributed by atoms with Crippen molar-refractivity contribution in [1.82, 2.24) is 10.1 Å². The number of nitrogens with zero attached hydrogens (tertiary/aromatic N) is 3. The fourth-order valence-electron chi connectivity index (χ4n) is 3.32. The van der Waals surface area contributed by atoms with Crippen LogP contribution in [0.5, 0.6) is 5.75 Å². The number of aromatic nitrogens is 2. The molecule has 28 heavy (non-hydrogen) atoms. The summed E-state index contributed by atoms with van der Waals surface area (Å²) in [4.78, 5) is 17.6. The summed E-state index contributed by atoms with van der Waals surface area (Å²) in [5.41, 5.74) is 3.52. The van der Waals surface area contributed by atoms with E-state index in [2.05, 4.69) is 10.1 Å². The number of aldehydes is 1. The number of ether oxygens (including phenoxy) is 1. The fourth-order valence-corrected chi connectivity index (χ4v) is 3.55. The molecule has 2 aromatic carbocycles. The predicted octanol–water partition coefficient (Wildman–Crippen LogP) is 5.07. The van der Waals surface area contributed by atoms with E-state index < -0.39 is 0 Å². The van der Waals surface area contributed by atoms with Gasteiger partial charge in [-0.25, -0.2) is 0 Å². The van der Waals surface area contributed by atoms with E-state index in [1.807, 2.05) is 36.9 Å². The standard InChI is InChI=1S/C21H20ClN3O3/c1-13(2)27-19-8-6-16(11-17(19)22)20-23-21(24-28-20)25-9-3-4-15-10-14(12-26)5-7-18(15)25/h5-8,10-13H,3-4,9H2,1-2H3. The van der Waals surface area contributed by atoms with Crippen molar-refractivity contribution in [3.63, 3.8) is 0 Å². The number of hydrogen-bond donors (Lipinski definition) is 0. The molecule has 2 heterocycles. The Kier molecular flexibility index (Phi) is 5.05. The SMILES string of the molecule is CC(C)Oc1ccc(-c2nc(N3CCCc4cc(C=O)ccc43)no2)cc1Cl. The van der Waals surface area contributed by atoms with Crippen LogP contribution in [0.3, 0.4) is 0 Å². The summed E-state index contributed by atoms with van der Waals surface area (Å²) in [6.45, 7) is 4.68. The molecule has 0 spiro atoms. The number of benzene rings is 2. The lowest BCUT2D eigenvalue weighted by molar-refractivity contribution is 0.112. The van der Waals surface area contributed by atoms with Gasteiger partial charge in [0.1, 0.15) is 12.0 Å². The molecule has 144 valence electrons. The number of halogens is 1. The van der Waals surface area contributed by atoms with E-state index in [1.54, 1.807) is 18.2 Å². The summed E-state index contributed by atoms with van der Waals surface area (Å²) in [5.74, 6) is 1.51. The van der Waals surface area contributed by atoms with Gasteiger partial charge >= 0.3 is 0 Å². The van der Waals surface area contributed by atoms with Crippen LogP contribution in [-0.4, -0.2) is 29.1 Å². The zero-order valence-corrected chi connectivity index (χ0v) is 16.4. The maximum atomic E-state index is 11.0. The Balaban J connectivity index is 1.62. The maximum absolute atomic E-state index is 11.0. The highest BCUT2D eigenvalue weighted by atomic mass is 35.5. The van der Waals surface area contributed by atoms with Crippen molar-refractivity contribution >= 4 is 29.5 Å². The first-order valence-electron chi connectivity index (χ1n) is 9.21. The van der Waals surface area contributed by atoms with Crippen molar-refractivity contribution in [3.8, 4) is 17.2 Å². The molecule has 0 fully saturated rings. The number of hydrogen-bond acceptors (Lipinski definition) is 6. The lowest BCUT2D eigenvalue weighted by Gasteiger charge is -2.28. The van der Waals surface area contributed by atoms with Crippen molar-refractivity contribution in [2.24, 2.45) is 0 Å². The first-order valence-corrected chi connectivity index (χ1v) is 9.59. The molecule has 3 aromatic rings. The van der Waals surface area contributed by atoms with Crippen LogP contribution in [0.2, 0.25) is 5.02 Å². The van der Waals surface area contributed by atoms with Crippen LogP contribution in [0.25, 0.3) is 11.5 Å². The average molecular weight is 398 g/mol. The third-order valence-corrected chi connectivity index (χ3v) is 4.85. The van der Waals surface area contributed by atoms with E-state index in [1.165, 1.54) is 0 Å². The van der Waals surface area contributed by atoms with Crippen LogP contribution < -0.4 is 9.64 Å². The normalized spacial score (nSPS) is 13.5. The lowest BCUT2D eigenvalue weighted by atomic mass is 10.00. The quantitative estimate of drug-likeness (QED) is 0.559. The molecule has 1 aromatic heterocycles. The van der Waals surface area contributed by atoms with Gasteiger partial charge in [-0.1, -0.05) is 11.6 Å². The van der Waals surface area contributed by atoms with Gasteiger partial charge in [-0.05, 0) is 73.8 Å². The molecule has 0 unspecified atom stereocenters. The summed E-state index contributed by atoms with van der Waals surface area (Å²) in [6, 6.07) is 11.1. The van der Waals surface area contributed by atoms with Gasteiger partial charge in [-0.15, -0.1) is 0 Å². The number of rotatable bonds is 5. The van der Waals surface area contributed by atoms with Crippen molar-refractivity contribution in [3.05, 3.63) is 52.5 Å². The Morgan fingerprint density at radius 2 is 2.11 bits per heavy atom. The van der Waals surface area contributed by atoms with Crippen molar-refractivity contribution in [2.45, 2.75) is 32.8 Å². The predicted molar refractivity (Wildman–Crippen MR) is 108 cm³/mol. The summed E-state index contributed by atoms with van der Waals surface area (Å²) in [5, 5.41) is 4.65. The third-order valence-electron chi connectivity index (χ3n) is 4.56. The largest absolute Gasteiger partial charge is 0.489 e. The number of fused-ring (bicyclic) bond motifs is 1. The van der Waals surface area contributed by atoms with E-state index in [9.17, 15) is 4.79 Å². The fraction of sp³-hybridized carbons (Fsp3) is 0.286. The van der Waals surface area contributed by atoms with Gasteiger partial charge in [0.25, 0.3) is 11.8 Å². The molecule has 1 aliphatic rings. The lowest BCUT2D eigenvalue weighted by Crippen LogP contribution is -2.25. The van der Waals surface area contributed by atoms with E-state index in [-0.39, 0.29) is 6.10 Å². The van der Waals surface area contributed by atoms with Crippen LogP contribution in [0, 0.1) is 0 Å². The first kappa shape index (κ1) is 18.5. The number of anilines is 2. The van der Waals surface area contributed by atoms with Crippen LogP contribution in [0.15, 0.2) is 40.9 Å². The molecule has 0 bridgehead atoms. The molecule has 0 amide bonds. The Labute approximate surface area is 168 Å². The van der Waals surface area contributed by atoms with Gasteiger partial charge in [-0.3, -0.25) is 4.79 Å². The molecule has 4 rings (SSSR count). The highest BCUT2D eigenvalue weighted by molar-refractivity contribution is 6.32. The highest BCUT2D eigenvalue weighted by Crippen LogP contribution is 2.35. The molecule has 0 radical (unpaired) electrons. The molecule has 0 atom stereocenters. The van der Waals surface area contributed by atoms with E-state index in [0.29, 0.717) is 28.2 Å². The molecular formula is C21H20ClN3O3. The Morgan fingerprint density at radius 1 is 1.25 bits per heavy atom. The van der Waals surface area contributed by atoms with Crippen LogP contribution in [-0.2, 0) is 6.42 Å². The van der Waals surface area contributed by atoms with Crippen LogP contribution >= 0.6 is 11.6 Å². The zero-order valence-electron chi connectivity index (χ0n) is 15.7. The third kappa shape index (κ3) is 3.60. The number of carbonyl (C=O) groups excluding carboxylic acids is 1. The van der Waals surface area contributed by atoms with Gasteiger partial charge < -0.3 is 14.2 Å². The van der Waals surface area contributed by atoms with E-state index in [0.717, 1.165) is 42.5 Å². The second-order valence-corrected chi connectivity index (χ2v) is 7.38. The summed E-state index contributed by atoms with van der Waals surface area (Å²) in [7, 11) is 0. The van der Waals surface area contributed by atoms with Gasteiger partial charge in [-0.2, -0.15) is 4.98 Å². The Hall–Kier alpha value is -2.86. The molecule has 0 saturated heterocycles. The number of carbonyl (C=O) groups is 1. The Bertz CT molecular complexity index is 1020. The van der Waals surface area contributed by atoms with Gasteiger partial charge in [0.05, 0.1) is 11.1 Å². The second-order valence-electron chi connectivity index (χ2n) is 6.97. The Morgan fingerprint density at radius 3 is 2.86 bits per heavy atom. The zero-order chi connectivity index (χ0) is 19.7. The minimum Gasteiger partial charge on any atom is -0.489 e. The minimum absolute atomic E-state index is 0.0391. The van der Waals surface area contributed by atoms with Crippen molar-refractivity contribution < 1.29 is 14.1 Å². The van der Waals surface area contributed by atoms with Crippen LogP contribution in [0.4, 0.5) is 11.6 Å². The molecule has 0 saturated carbocycles. The summed E-state index contributed by atoms with van der Waals surface area (Å²) >= 11 is 6.32. The van der Waals surface area contributed by atoms with E-state index in [4.69, 9.17) is 20.9 Å². The highest BCUT2D eigenvalue weighted by Gasteiger charge is 2.23. The molecule has 1 aliphatic heterocycles.